The van der Waals surface area contributed by atoms with E-state index in [0.29, 0.717) is 6.42 Å². The SMILES string of the molecule is C=CCC(C)OOS(=O)(=O)[O-].[Na+]. The molecule has 0 aromatic heterocycles. The summed E-state index contributed by atoms with van der Waals surface area (Å²) in [6.45, 7) is 4.93. The van der Waals surface area contributed by atoms with Gasteiger partial charge in [-0.05, 0) is 13.3 Å². The van der Waals surface area contributed by atoms with Crippen molar-refractivity contribution >= 4 is 10.4 Å². The molecule has 0 rings (SSSR count). The number of hydrogen-bond acceptors (Lipinski definition) is 5. The van der Waals surface area contributed by atoms with E-state index >= 15 is 0 Å². The maximum absolute atomic E-state index is 9.81. The van der Waals surface area contributed by atoms with Crippen LogP contribution in [0.4, 0.5) is 0 Å². The minimum atomic E-state index is -4.74. The quantitative estimate of drug-likeness (QED) is 0.122. The fourth-order valence-corrected chi connectivity index (χ4v) is 0.620. The molecule has 0 bridgehead atoms. The molecule has 0 aromatic carbocycles. The summed E-state index contributed by atoms with van der Waals surface area (Å²) < 4.78 is 32.9. The topological polar surface area (TPSA) is 75.7 Å². The Morgan fingerprint density at radius 2 is 2.17 bits per heavy atom. The summed E-state index contributed by atoms with van der Waals surface area (Å²) in [5.74, 6) is 0. The summed E-state index contributed by atoms with van der Waals surface area (Å²) in [5.41, 5.74) is 0. The van der Waals surface area contributed by atoms with Crippen molar-refractivity contribution in [2.24, 2.45) is 0 Å². The molecule has 0 spiro atoms. The molecule has 0 N–H and O–H groups in total. The van der Waals surface area contributed by atoms with Crippen LogP contribution in [0.1, 0.15) is 13.3 Å². The van der Waals surface area contributed by atoms with Gasteiger partial charge in [0.15, 0.2) is 0 Å². The summed E-state index contributed by atoms with van der Waals surface area (Å²) >= 11 is 0. The molecule has 1 unspecified atom stereocenters. The van der Waals surface area contributed by atoms with Gasteiger partial charge in [-0.2, -0.15) is 0 Å². The second-order valence-corrected chi connectivity index (χ2v) is 2.86. The Morgan fingerprint density at radius 3 is 2.50 bits per heavy atom. The Balaban J connectivity index is 0. The summed E-state index contributed by atoms with van der Waals surface area (Å²) in [6.07, 6.45) is 1.44. The molecule has 0 radical (unpaired) electrons. The smallest absolute Gasteiger partial charge is 0.724 e. The van der Waals surface area contributed by atoms with Crippen molar-refractivity contribution in [3.05, 3.63) is 12.7 Å². The van der Waals surface area contributed by atoms with Crippen LogP contribution < -0.4 is 29.6 Å². The summed E-state index contributed by atoms with van der Waals surface area (Å²) in [4.78, 5) is 4.18. The van der Waals surface area contributed by atoms with Gasteiger partial charge in [0.05, 0.1) is 6.10 Å². The van der Waals surface area contributed by atoms with Gasteiger partial charge in [0, 0.05) is 0 Å². The molecular weight excluding hydrogens is 195 g/mol. The zero-order chi connectivity index (χ0) is 8.91. The van der Waals surface area contributed by atoms with E-state index in [1.54, 1.807) is 6.92 Å². The van der Waals surface area contributed by atoms with E-state index in [1.165, 1.54) is 6.08 Å². The molecule has 0 heterocycles. The largest absolute Gasteiger partial charge is 1.00 e. The van der Waals surface area contributed by atoms with Gasteiger partial charge >= 0.3 is 29.6 Å². The summed E-state index contributed by atoms with van der Waals surface area (Å²) in [5, 5.41) is 0. The molecule has 0 aliphatic heterocycles. The molecule has 66 valence electrons. The monoisotopic (exact) mass is 204 g/mol. The van der Waals surface area contributed by atoms with Crippen molar-refractivity contribution in [1.82, 2.24) is 0 Å². The maximum atomic E-state index is 9.81. The van der Waals surface area contributed by atoms with Crippen molar-refractivity contribution in [2.75, 3.05) is 0 Å². The average Bonchev–Trinajstić information content (AvgIpc) is 1.83. The first-order valence-electron chi connectivity index (χ1n) is 2.87. The second kappa shape index (κ2) is 7.02. The first-order chi connectivity index (χ1) is 4.95. The van der Waals surface area contributed by atoms with E-state index in [0.717, 1.165) is 0 Å². The van der Waals surface area contributed by atoms with Crippen LogP contribution in [0.3, 0.4) is 0 Å². The molecule has 12 heavy (non-hydrogen) atoms. The Kier molecular flexibility index (Phi) is 8.81. The van der Waals surface area contributed by atoms with E-state index < -0.39 is 16.5 Å². The van der Waals surface area contributed by atoms with E-state index in [2.05, 4.69) is 15.8 Å². The molecular formula is C5H9NaO5S. The Bertz CT molecular complexity index is 212. The minimum absolute atomic E-state index is 0. The second-order valence-electron chi connectivity index (χ2n) is 1.91. The average molecular weight is 204 g/mol. The zero-order valence-corrected chi connectivity index (χ0v) is 9.83. The van der Waals surface area contributed by atoms with Crippen LogP contribution in [0.15, 0.2) is 12.7 Å². The number of hydrogen-bond donors (Lipinski definition) is 0. The predicted octanol–water partition coefficient (Wildman–Crippen LogP) is -2.64. The molecule has 0 saturated carbocycles. The van der Waals surface area contributed by atoms with E-state index in [9.17, 15) is 13.0 Å². The van der Waals surface area contributed by atoms with Crippen molar-refractivity contribution in [3.63, 3.8) is 0 Å². The Morgan fingerprint density at radius 1 is 1.67 bits per heavy atom. The molecule has 0 aliphatic rings. The van der Waals surface area contributed by atoms with Crippen LogP contribution in [0.2, 0.25) is 0 Å². The van der Waals surface area contributed by atoms with Crippen molar-refractivity contribution < 1.29 is 51.7 Å². The van der Waals surface area contributed by atoms with Gasteiger partial charge in [0.25, 0.3) is 0 Å². The third-order valence-corrected chi connectivity index (χ3v) is 1.03. The van der Waals surface area contributed by atoms with E-state index in [-0.39, 0.29) is 29.6 Å². The van der Waals surface area contributed by atoms with Crippen molar-refractivity contribution in [2.45, 2.75) is 19.4 Å². The van der Waals surface area contributed by atoms with Crippen LogP contribution >= 0.6 is 0 Å². The van der Waals surface area contributed by atoms with Gasteiger partial charge in [0.2, 0.25) is 10.4 Å². The fourth-order valence-electron chi connectivity index (χ4n) is 0.389. The van der Waals surface area contributed by atoms with Crippen LogP contribution in [0.5, 0.6) is 0 Å². The standard InChI is InChI=1S/C5H10O5S.Na/c1-3-4-5(2)9-10-11(6,7)8;/h3,5H,1,4H2,2H3,(H,6,7,8);/q;+1/p-1. The first-order valence-corrected chi connectivity index (χ1v) is 4.20. The minimum Gasteiger partial charge on any atom is -0.724 e. The third kappa shape index (κ3) is 10.6. The van der Waals surface area contributed by atoms with Gasteiger partial charge in [-0.1, -0.05) is 6.08 Å². The van der Waals surface area contributed by atoms with Crippen molar-refractivity contribution in [3.8, 4) is 0 Å². The van der Waals surface area contributed by atoms with E-state index in [4.69, 9.17) is 0 Å². The Labute approximate surface area is 93.9 Å². The van der Waals surface area contributed by atoms with Gasteiger partial charge < -0.3 is 4.55 Å². The summed E-state index contributed by atoms with van der Waals surface area (Å²) in [7, 11) is -4.74. The van der Waals surface area contributed by atoms with E-state index in [1.807, 2.05) is 0 Å². The molecule has 0 fully saturated rings. The molecule has 0 aromatic rings. The summed E-state index contributed by atoms with van der Waals surface area (Å²) in [6, 6.07) is 0. The van der Waals surface area contributed by atoms with Crippen LogP contribution in [-0.2, 0) is 19.6 Å². The third-order valence-electron chi connectivity index (χ3n) is 0.785. The zero-order valence-electron chi connectivity index (χ0n) is 7.02. The van der Waals surface area contributed by atoms with Crippen LogP contribution in [-0.4, -0.2) is 19.1 Å². The molecule has 0 saturated heterocycles. The molecule has 7 heteroatoms. The molecule has 1 atom stereocenters. The van der Waals surface area contributed by atoms with Gasteiger partial charge in [-0.25, -0.2) is 13.3 Å². The Hall–Kier alpha value is 0.570. The van der Waals surface area contributed by atoms with Gasteiger partial charge in [-0.15, -0.1) is 10.9 Å². The molecule has 0 aliphatic carbocycles. The van der Waals surface area contributed by atoms with Crippen LogP contribution in [0, 0.1) is 0 Å². The number of rotatable bonds is 5. The molecule has 5 nitrogen and oxygen atoms in total. The van der Waals surface area contributed by atoms with Gasteiger partial charge in [0.1, 0.15) is 0 Å². The molecule has 0 amide bonds. The van der Waals surface area contributed by atoms with Crippen molar-refractivity contribution in [1.29, 1.82) is 0 Å². The predicted molar refractivity (Wildman–Crippen MR) is 36.1 cm³/mol. The fraction of sp³-hybridized carbons (Fsp3) is 0.600. The van der Waals surface area contributed by atoms with Gasteiger partial charge in [-0.3, -0.25) is 0 Å². The first kappa shape index (κ1) is 15.1. The van der Waals surface area contributed by atoms with Crippen LogP contribution in [0.25, 0.3) is 0 Å². The maximum Gasteiger partial charge on any atom is 1.00 e. The normalized spacial score (nSPS) is 13.2.